The fraction of sp³-hybridized carbons (Fsp3) is 0.526. The number of hydrogen-bond donors (Lipinski definition) is 2. The number of likely N-dealkylation sites (N-methyl/N-ethyl adjacent to an activating group) is 1. The second-order valence-electron chi connectivity index (χ2n) is 7.24. The van der Waals surface area contributed by atoms with Gasteiger partial charge in [-0.25, -0.2) is 0 Å². The Kier molecular flexibility index (Phi) is 1.68. The van der Waals surface area contributed by atoms with Crippen molar-refractivity contribution in [2.24, 2.45) is 5.92 Å². The monoisotopic (exact) mass is 333 g/mol. The summed E-state index contributed by atoms with van der Waals surface area (Å²) in [6.07, 6.45) is 0.162. The third kappa shape index (κ3) is 1.38. The number of ether oxygens (including phenoxy) is 1. The van der Waals surface area contributed by atoms with Gasteiger partial charge in [0.15, 0.2) is 22.9 Å². The zero-order valence-electron chi connectivity index (χ0n) is 19.4. The van der Waals surface area contributed by atoms with Crippen molar-refractivity contribution in [1.29, 1.82) is 2.86 Å². The van der Waals surface area contributed by atoms with Crippen LogP contribution in [0.15, 0.2) is 24.2 Å². The van der Waals surface area contributed by atoms with Gasteiger partial charge >= 0.3 is 0 Å². The Balaban J connectivity index is 1.96. The minimum atomic E-state index is -2.30. The number of Topliss-reactive ketones (excluding diaryl/α,β-unsaturated/α-hetero) is 1. The van der Waals surface area contributed by atoms with Gasteiger partial charge in [-0.1, -0.05) is 12.1 Å². The minimum Gasteiger partial charge on any atom is -0.504 e. The molecule has 24 heavy (non-hydrogen) atoms. The van der Waals surface area contributed by atoms with Crippen molar-refractivity contribution in [1.82, 2.24) is 4.90 Å². The number of likely N-dealkylation sites (tertiary alicyclic amines) is 1. The summed E-state index contributed by atoms with van der Waals surface area (Å²) in [7, 11) is 1.93. The van der Waals surface area contributed by atoms with Gasteiger partial charge in [0, 0.05) is 22.9 Å². The fourth-order valence-corrected chi connectivity index (χ4v) is 5.04. The lowest BCUT2D eigenvalue weighted by Crippen LogP contribution is -2.69. The van der Waals surface area contributed by atoms with E-state index in [-0.39, 0.29) is 35.7 Å². The Bertz CT molecular complexity index is 1030. The van der Waals surface area contributed by atoms with Crippen molar-refractivity contribution in [3.05, 3.63) is 35.3 Å². The van der Waals surface area contributed by atoms with Gasteiger partial charge in [-0.3, -0.25) is 4.79 Å². The Morgan fingerprint density at radius 2 is 2.46 bits per heavy atom. The highest BCUT2D eigenvalue weighted by atomic mass is 16.5. The molecule has 2 bridgehead atoms. The van der Waals surface area contributed by atoms with Crippen LogP contribution >= 0.6 is 0 Å². The van der Waals surface area contributed by atoms with E-state index in [4.69, 9.17) is 16.8 Å². The highest BCUT2D eigenvalue weighted by Crippen LogP contribution is 2.63. The maximum Gasteiger partial charge on any atom is 0.293 e. The lowest BCUT2D eigenvalue weighted by Gasteiger charge is -2.58. The molecule has 2 N–H and O–H groups in total. The highest BCUT2D eigenvalue weighted by molar-refractivity contribution is 5.89. The second kappa shape index (κ2) is 4.21. The van der Waals surface area contributed by atoms with Gasteiger partial charge in [-0.2, -0.15) is 0 Å². The molecule has 5 rings (SSSR count). The number of nitrogens with zero attached hydrogens (tertiary/aromatic N) is 1. The van der Waals surface area contributed by atoms with E-state index in [2.05, 4.69) is 10.0 Å². The normalized spacial score (nSPS) is 48.5. The summed E-state index contributed by atoms with van der Waals surface area (Å²) in [4.78, 5) is 14.9. The first kappa shape index (κ1) is 9.59. The molecule has 0 radical (unpaired) electrons. The van der Waals surface area contributed by atoms with Crippen LogP contribution in [0.3, 0.4) is 0 Å². The molecule has 126 valence electrons. The number of rotatable bonds is 3. The number of benzene rings is 1. The molecule has 1 saturated heterocycles. The lowest BCUT2D eigenvalue weighted by molar-refractivity contribution is -0.148. The quantitative estimate of drug-likeness (QED) is 0.813. The zero-order chi connectivity index (χ0) is 21.8. The van der Waals surface area contributed by atoms with E-state index in [0.29, 0.717) is 30.5 Å². The summed E-state index contributed by atoms with van der Waals surface area (Å²) in [6, 6.07) is -0.894. The van der Waals surface area contributed by atoms with Gasteiger partial charge in [0.2, 0.25) is 1.43 Å². The molecule has 2 heterocycles. The number of phenolic OH excluding ortho intramolecular Hbond substituents is 1. The van der Waals surface area contributed by atoms with E-state index in [1.807, 2.05) is 7.05 Å². The molecule has 5 nitrogen and oxygen atoms in total. The van der Waals surface area contributed by atoms with Gasteiger partial charge in [0.05, 0.1) is 5.48 Å². The summed E-state index contributed by atoms with van der Waals surface area (Å²) < 4.78 is 56.2. The standard InChI is InChI=1S/C19H21NO4/c1-10(21)19(23)6-5-12-13-9-11-3-4-14(22)16-15(11)18(12,17(19)24-16)7-8-20(13)2/h3-6,12-13,17,22-23H,7-9H2,1-2H3/t12-,13+,17-,18-,19+/m0/s1/i3D,4D,6D,17D,23D/hD. The predicted molar refractivity (Wildman–Crippen MR) is 87.2 cm³/mol. The van der Waals surface area contributed by atoms with E-state index in [0.717, 1.165) is 0 Å². The summed E-state index contributed by atoms with van der Waals surface area (Å²) in [5.41, 5.74) is -2.47. The molecule has 1 spiro atoms. The van der Waals surface area contributed by atoms with Gasteiger partial charge < -0.3 is 19.9 Å². The summed E-state index contributed by atoms with van der Waals surface area (Å²) >= 11 is 0. The Morgan fingerprint density at radius 3 is 3.21 bits per heavy atom. The second-order valence-corrected chi connectivity index (χ2v) is 7.24. The van der Waals surface area contributed by atoms with Crippen LogP contribution < -0.4 is 4.74 Å². The van der Waals surface area contributed by atoms with Crippen LogP contribution in [0.5, 0.6) is 11.5 Å². The third-order valence-corrected chi connectivity index (χ3v) is 6.22. The van der Waals surface area contributed by atoms with E-state index >= 15 is 0 Å². The molecular weight excluding hydrogens is 306 g/mol. The van der Waals surface area contributed by atoms with Crippen molar-refractivity contribution in [3.8, 4) is 11.5 Å². The van der Waals surface area contributed by atoms with Crippen molar-refractivity contribution >= 4 is 5.78 Å². The van der Waals surface area contributed by atoms with Crippen molar-refractivity contribution in [2.75, 3.05) is 13.6 Å². The number of aromatic hydroxyl groups is 1. The first-order chi connectivity index (χ1) is 14.1. The Labute approximate surface area is 149 Å². The Morgan fingerprint density at radius 1 is 1.58 bits per heavy atom. The van der Waals surface area contributed by atoms with Crippen LogP contribution in [0.2, 0.25) is 0 Å². The van der Waals surface area contributed by atoms with E-state index in [9.17, 15) is 6.17 Å². The summed E-state index contributed by atoms with van der Waals surface area (Å²) in [6.45, 7) is 1.74. The molecule has 0 aromatic heterocycles. The summed E-state index contributed by atoms with van der Waals surface area (Å²) in [5, 5.41) is 9.56. The number of hydrogen-bond acceptors (Lipinski definition) is 5. The van der Waals surface area contributed by atoms with Crippen LogP contribution in [0.25, 0.3) is 0 Å². The SMILES string of the molecule is [2H]Oc1c([2H])c([2H])c2c3c1O[C@]1([2H])[C@](O[2H])(C(C)=O)C([2H])=C[C@H]4[C@@H](C2)N(C)CC[C@@]341. The molecule has 1 aromatic carbocycles. The molecule has 0 saturated carbocycles. The number of piperidine rings is 1. The number of carbonyl (C=O) groups excluding carboxylic acids is 1. The predicted octanol–water partition coefficient (Wildman–Crippen LogP) is 1.16. The third-order valence-electron chi connectivity index (χ3n) is 6.22. The molecule has 2 aliphatic heterocycles. The van der Waals surface area contributed by atoms with Crippen LogP contribution in [-0.2, 0) is 16.6 Å². The summed E-state index contributed by atoms with van der Waals surface area (Å²) in [5.74, 6) is -1.41. The van der Waals surface area contributed by atoms with Crippen molar-refractivity contribution < 1.29 is 25.2 Å². The van der Waals surface area contributed by atoms with Crippen LogP contribution in [0.4, 0.5) is 0 Å². The maximum atomic E-state index is 12.8. The van der Waals surface area contributed by atoms with Crippen LogP contribution in [0.1, 0.15) is 30.0 Å². The lowest BCUT2D eigenvalue weighted by atomic mass is 9.51. The minimum absolute atomic E-state index is 0.0187. The average Bonchev–Trinajstić information content (AvgIpc) is 2.95. The number of phenols is 1. The molecule has 4 aliphatic rings. The zero-order valence-corrected chi connectivity index (χ0v) is 13.4. The van der Waals surface area contributed by atoms with Gasteiger partial charge in [-0.05, 0) is 51.0 Å². The van der Waals surface area contributed by atoms with Crippen LogP contribution in [-0.4, -0.2) is 55.1 Å². The average molecular weight is 333 g/mol. The first-order valence-corrected chi connectivity index (χ1v) is 8.15. The molecule has 0 amide bonds. The molecule has 5 atom stereocenters. The van der Waals surface area contributed by atoms with E-state index < -0.39 is 28.8 Å². The van der Waals surface area contributed by atoms with Crippen molar-refractivity contribution in [3.63, 3.8) is 0 Å². The largest absolute Gasteiger partial charge is 0.504 e. The van der Waals surface area contributed by atoms with Crippen molar-refractivity contribution in [2.45, 2.75) is 42.9 Å². The highest BCUT2D eigenvalue weighted by Gasteiger charge is 2.68. The molecule has 5 heteroatoms. The molecule has 2 aliphatic carbocycles. The first-order valence-electron chi connectivity index (χ1n) is 11.0. The molecule has 0 unspecified atom stereocenters. The molecule has 1 fully saturated rings. The number of ketones is 1. The van der Waals surface area contributed by atoms with E-state index in [1.54, 1.807) is 6.08 Å². The fourth-order valence-electron chi connectivity index (χ4n) is 5.04. The van der Waals surface area contributed by atoms with E-state index in [1.165, 1.54) is 6.92 Å². The van der Waals surface area contributed by atoms with Gasteiger partial charge in [0.25, 0.3) is 1.43 Å². The number of carbonyl (C=O) groups is 1. The molecule has 1 aromatic rings. The maximum absolute atomic E-state index is 12.8. The van der Waals surface area contributed by atoms with Gasteiger partial charge in [-0.15, -0.1) is 0 Å². The molecular formula is C19H21NO4. The smallest absolute Gasteiger partial charge is 0.293 e. The van der Waals surface area contributed by atoms with Crippen LogP contribution in [0, 0.1) is 5.92 Å². The number of aliphatic hydroxyl groups is 1. The topological polar surface area (TPSA) is 70.0 Å². The van der Waals surface area contributed by atoms with Gasteiger partial charge in [0.1, 0.15) is 6.08 Å². The Hall–Kier alpha value is -1.85.